The standard InChI is InChI=1S/C14H19ClN2O/c1-14(8-3-2-4-9-14)17-13(18)10-6-5-7-11(16)12(10)15/h5-7H,2-4,8-9,16H2,1H3,(H,17,18). The van der Waals surface area contributed by atoms with Gasteiger partial charge < -0.3 is 11.1 Å². The lowest BCUT2D eigenvalue weighted by atomic mass is 9.83. The van der Waals surface area contributed by atoms with E-state index in [9.17, 15) is 4.79 Å². The first-order valence-electron chi connectivity index (χ1n) is 6.38. The third-order valence-corrected chi connectivity index (χ3v) is 4.07. The van der Waals surface area contributed by atoms with Gasteiger partial charge in [0.1, 0.15) is 0 Å². The Kier molecular flexibility index (Phi) is 3.81. The molecule has 1 aromatic carbocycles. The van der Waals surface area contributed by atoms with Gasteiger partial charge in [-0.05, 0) is 31.9 Å². The first-order valence-corrected chi connectivity index (χ1v) is 6.76. The van der Waals surface area contributed by atoms with Crippen molar-refractivity contribution >= 4 is 23.2 Å². The van der Waals surface area contributed by atoms with Gasteiger partial charge in [-0.2, -0.15) is 0 Å². The van der Waals surface area contributed by atoms with Crippen molar-refractivity contribution in [2.45, 2.75) is 44.6 Å². The number of hydrogen-bond donors (Lipinski definition) is 2. The van der Waals surface area contributed by atoms with E-state index in [-0.39, 0.29) is 11.4 Å². The number of nitrogen functional groups attached to an aromatic ring is 1. The summed E-state index contributed by atoms with van der Waals surface area (Å²) < 4.78 is 0. The summed E-state index contributed by atoms with van der Waals surface area (Å²) in [5.74, 6) is -0.128. The molecule has 0 atom stereocenters. The molecule has 1 aromatic rings. The van der Waals surface area contributed by atoms with Gasteiger partial charge in [0.2, 0.25) is 0 Å². The molecule has 3 N–H and O–H groups in total. The summed E-state index contributed by atoms with van der Waals surface area (Å²) in [6, 6.07) is 5.15. The maximum atomic E-state index is 12.2. The highest BCUT2D eigenvalue weighted by Crippen LogP contribution is 2.29. The normalized spacial score (nSPS) is 18.3. The fourth-order valence-corrected chi connectivity index (χ4v) is 2.74. The number of carbonyl (C=O) groups is 1. The second-order valence-corrected chi connectivity index (χ2v) is 5.66. The molecule has 4 heteroatoms. The van der Waals surface area contributed by atoms with Crippen molar-refractivity contribution in [1.82, 2.24) is 5.32 Å². The maximum Gasteiger partial charge on any atom is 0.253 e. The lowest BCUT2D eigenvalue weighted by molar-refractivity contribution is 0.0883. The summed E-state index contributed by atoms with van der Waals surface area (Å²) >= 11 is 6.07. The van der Waals surface area contributed by atoms with Crippen LogP contribution in [0.15, 0.2) is 18.2 Å². The molecule has 1 amide bonds. The highest BCUT2D eigenvalue weighted by Gasteiger charge is 2.29. The monoisotopic (exact) mass is 266 g/mol. The summed E-state index contributed by atoms with van der Waals surface area (Å²) in [5.41, 5.74) is 6.51. The van der Waals surface area contributed by atoms with E-state index in [2.05, 4.69) is 12.2 Å². The van der Waals surface area contributed by atoms with E-state index in [1.165, 1.54) is 19.3 Å². The Balaban J connectivity index is 2.14. The molecule has 3 nitrogen and oxygen atoms in total. The summed E-state index contributed by atoms with van der Waals surface area (Å²) in [5, 5.41) is 3.44. The number of nitrogens with one attached hydrogen (secondary N) is 1. The second kappa shape index (κ2) is 5.19. The molecule has 0 unspecified atom stereocenters. The van der Waals surface area contributed by atoms with Crippen molar-refractivity contribution in [3.63, 3.8) is 0 Å². The first-order chi connectivity index (χ1) is 8.52. The Labute approximate surface area is 113 Å². The van der Waals surface area contributed by atoms with Crippen LogP contribution in [0.2, 0.25) is 5.02 Å². The Morgan fingerprint density at radius 3 is 2.67 bits per heavy atom. The molecule has 0 aliphatic heterocycles. The predicted molar refractivity (Wildman–Crippen MR) is 74.8 cm³/mol. The average molecular weight is 267 g/mol. The molecule has 0 bridgehead atoms. The molecule has 0 spiro atoms. The number of amides is 1. The fourth-order valence-electron chi connectivity index (χ4n) is 2.52. The van der Waals surface area contributed by atoms with Crippen LogP contribution in [0.4, 0.5) is 5.69 Å². The Bertz CT molecular complexity index is 453. The summed E-state index contributed by atoms with van der Waals surface area (Å²) in [6.45, 7) is 2.10. The van der Waals surface area contributed by atoms with Gasteiger partial charge in [0.05, 0.1) is 16.3 Å². The van der Waals surface area contributed by atoms with E-state index >= 15 is 0 Å². The molecule has 1 fully saturated rings. The zero-order valence-electron chi connectivity index (χ0n) is 10.6. The SMILES string of the molecule is CC1(NC(=O)c2cccc(N)c2Cl)CCCCC1. The van der Waals surface area contributed by atoms with Crippen molar-refractivity contribution in [1.29, 1.82) is 0 Å². The van der Waals surface area contributed by atoms with Crippen LogP contribution in [0.1, 0.15) is 49.4 Å². The van der Waals surface area contributed by atoms with Crippen molar-refractivity contribution in [2.24, 2.45) is 0 Å². The van der Waals surface area contributed by atoms with Crippen molar-refractivity contribution < 1.29 is 4.79 Å². The fraction of sp³-hybridized carbons (Fsp3) is 0.500. The molecule has 0 radical (unpaired) electrons. The first kappa shape index (κ1) is 13.2. The zero-order valence-corrected chi connectivity index (χ0v) is 11.4. The van der Waals surface area contributed by atoms with Crippen LogP contribution in [0, 0.1) is 0 Å². The van der Waals surface area contributed by atoms with Crippen LogP contribution >= 0.6 is 11.6 Å². The van der Waals surface area contributed by atoms with E-state index in [1.54, 1.807) is 18.2 Å². The van der Waals surface area contributed by atoms with Crippen LogP contribution < -0.4 is 11.1 Å². The van der Waals surface area contributed by atoms with Gasteiger partial charge in [-0.1, -0.05) is 36.9 Å². The van der Waals surface area contributed by atoms with E-state index in [0.717, 1.165) is 12.8 Å². The molecule has 1 aliphatic rings. The molecule has 2 rings (SSSR count). The minimum atomic E-state index is -0.128. The second-order valence-electron chi connectivity index (χ2n) is 5.28. The lowest BCUT2D eigenvalue weighted by Gasteiger charge is -2.34. The lowest BCUT2D eigenvalue weighted by Crippen LogP contribution is -2.47. The van der Waals surface area contributed by atoms with Crippen LogP contribution in [0.5, 0.6) is 0 Å². The van der Waals surface area contributed by atoms with Crippen LogP contribution in [-0.2, 0) is 0 Å². The molecule has 0 heterocycles. The summed E-state index contributed by atoms with van der Waals surface area (Å²) in [6.07, 6.45) is 5.64. The van der Waals surface area contributed by atoms with Gasteiger partial charge in [0, 0.05) is 5.54 Å². The van der Waals surface area contributed by atoms with Crippen molar-refractivity contribution in [3.05, 3.63) is 28.8 Å². The number of halogens is 1. The molecular formula is C14H19ClN2O. The van der Waals surface area contributed by atoms with Gasteiger partial charge in [-0.25, -0.2) is 0 Å². The van der Waals surface area contributed by atoms with Gasteiger partial charge >= 0.3 is 0 Å². The maximum absolute atomic E-state index is 12.2. The third-order valence-electron chi connectivity index (χ3n) is 3.65. The number of rotatable bonds is 2. The van der Waals surface area contributed by atoms with Crippen LogP contribution in [-0.4, -0.2) is 11.4 Å². The topological polar surface area (TPSA) is 55.1 Å². The van der Waals surface area contributed by atoms with E-state index in [4.69, 9.17) is 17.3 Å². The van der Waals surface area contributed by atoms with Gasteiger partial charge in [0.15, 0.2) is 0 Å². The highest BCUT2D eigenvalue weighted by atomic mass is 35.5. The Hall–Kier alpha value is -1.22. The molecular weight excluding hydrogens is 248 g/mol. The van der Waals surface area contributed by atoms with E-state index < -0.39 is 0 Å². The minimum Gasteiger partial charge on any atom is -0.398 e. The van der Waals surface area contributed by atoms with Gasteiger partial charge in [0.25, 0.3) is 5.91 Å². The number of hydrogen-bond acceptors (Lipinski definition) is 2. The zero-order chi connectivity index (χ0) is 13.2. The largest absolute Gasteiger partial charge is 0.398 e. The highest BCUT2D eigenvalue weighted by molar-refractivity contribution is 6.36. The molecule has 0 saturated heterocycles. The predicted octanol–water partition coefficient (Wildman–Crippen LogP) is 3.37. The molecule has 18 heavy (non-hydrogen) atoms. The van der Waals surface area contributed by atoms with Crippen molar-refractivity contribution in [2.75, 3.05) is 5.73 Å². The van der Waals surface area contributed by atoms with E-state index in [0.29, 0.717) is 16.3 Å². The third kappa shape index (κ3) is 2.78. The van der Waals surface area contributed by atoms with Crippen LogP contribution in [0.3, 0.4) is 0 Å². The average Bonchev–Trinajstić information content (AvgIpc) is 2.33. The Morgan fingerprint density at radius 1 is 1.33 bits per heavy atom. The minimum absolute atomic E-state index is 0.108. The van der Waals surface area contributed by atoms with Crippen molar-refractivity contribution in [3.8, 4) is 0 Å². The van der Waals surface area contributed by atoms with Gasteiger partial charge in [-0.3, -0.25) is 4.79 Å². The quantitative estimate of drug-likeness (QED) is 0.807. The number of anilines is 1. The number of benzene rings is 1. The molecule has 0 aromatic heterocycles. The number of carbonyl (C=O) groups excluding carboxylic acids is 1. The summed E-state index contributed by atoms with van der Waals surface area (Å²) in [7, 11) is 0. The molecule has 1 saturated carbocycles. The molecule has 98 valence electrons. The summed E-state index contributed by atoms with van der Waals surface area (Å²) in [4.78, 5) is 12.2. The van der Waals surface area contributed by atoms with Crippen LogP contribution in [0.25, 0.3) is 0 Å². The van der Waals surface area contributed by atoms with Gasteiger partial charge in [-0.15, -0.1) is 0 Å². The smallest absolute Gasteiger partial charge is 0.253 e. The Morgan fingerprint density at radius 2 is 2.00 bits per heavy atom. The molecule has 1 aliphatic carbocycles. The van der Waals surface area contributed by atoms with E-state index in [1.807, 2.05) is 0 Å². The number of nitrogens with two attached hydrogens (primary N) is 1.